The zero-order valence-electron chi connectivity index (χ0n) is 12.4. The summed E-state index contributed by atoms with van der Waals surface area (Å²) in [6.07, 6.45) is 0. The van der Waals surface area contributed by atoms with E-state index < -0.39 is 17.4 Å². The van der Waals surface area contributed by atoms with E-state index in [-0.39, 0.29) is 24.1 Å². The minimum absolute atomic E-state index is 0.0432. The second-order valence-electron chi connectivity index (χ2n) is 5.59. The molecule has 3 N–H and O–H groups in total. The van der Waals surface area contributed by atoms with E-state index in [2.05, 4.69) is 15.6 Å². The first-order chi connectivity index (χ1) is 9.61. The number of aromatic nitrogens is 1. The van der Waals surface area contributed by atoms with E-state index in [1.54, 1.807) is 27.7 Å². The van der Waals surface area contributed by atoms with Gasteiger partial charge in [0.25, 0.3) is 0 Å². The maximum atomic E-state index is 11.9. The van der Waals surface area contributed by atoms with Crippen molar-refractivity contribution in [3.05, 3.63) is 16.1 Å². The number of carboxylic acid groups (broad SMARTS) is 1. The first kappa shape index (κ1) is 17.1. The Morgan fingerprint density at radius 1 is 1.38 bits per heavy atom. The number of hydrogen-bond donors (Lipinski definition) is 3. The van der Waals surface area contributed by atoms with Gasteiger partial charge in [0, 0.05) is 10.8 Å². The number of carbonyl (C=O) groups is 3. The van der Waals surface area contributed by atoms with Crippen molar-refractivity contribution >= 4 is 29.1 Å². The third kappa shape index (κ3) is 5.14. The summed E-state index contributed by atoms with van der Waals surface area (Å²) >= 11 is 1.16. The zero-order chi connectivity index (χ0) is 16.2. The molecule has 1 unspecified atom stereocenters. The number of amides is 2. The van der Waals surface area contributed by atoms with Gasteiger partial charge in [-0.1, -0.05) is 20.8 Å². The molecule has 116 valence electrons. The number of rotatable bonds is 5. The van der Waals surface area contributed by atoms with Crippen LogP contribution >= 0.6 is 11.3 Å². The van der Waals surface area contributed by atoms with Crippen LogP contribution in [0.1, 0.15) is 43.2 Å². The Hall–Kier alpha value is -1.96. The highest BCUT2D eigenvalue weighted by Crippen LogP contribution is 2.13. The normalized spacial score (nSPS) is 12.6. The van der Waals surface area contributed by atoms with E-state index in [4.69, 9.17) is 5.11 Å². The molecule has 7 nitrogen and oxygen atoms in total. The molecule has 8 heteroatoms. The van der Waals surface area contributed by atoms with Gasteiger partial charge in [0.1, 0.15) is 11.0 Å². The van der Waals surface area contributed by atoms with Gasteiger partial charge in [-0.3, -0.25) is 9.59 Å². The molecule has 0 aromatic carbocycles. The Morgan fingerprint density at radius 2 is 2.00 bits per heavy atom. The molecule has 1 atom stereocenters. The first-order valence-electron chi connectivity index (χ1n) is 6.37. The van der Waals surface area contributed by atoms with Crippen molar-refractivity contribution in [3.8, 4) is 0 Å². The van der Waals surface area contributed by atoms with Gasteiger partial charge in [0.05, 0.1) is 6.54 Å². The van der Waals surface area contributed by atoms with Gasteiger partial charge in [-0.2, -0.15) is 0 Å². The average Bonchev–Trinajstić information content (AvgIpc) is 2.83. The minimum Gasteiger partial charge on any atom is -0.476 e. The fourth-order valence-electron chi connectivity index (χ4n) is 1.28. The quantitative estimate of drug-likeness (QED) is 0.751. The Balaban J connectivity index is 2.49. The van der Waals surface area contributed by atoms with Gasteiger partial charge in [-0.15, -0.1) is 11.3 Å². The number of nitrogens with zero attached hydrogens (tertiary/aromatic N) is 1. The molecular formula is C13H19N3O4S. The molecule has 2 amide bonds. The van der Waals surface area contributed by atoms with Crippen molar-refractivity contribution in [2.75, 3.05) is 0 Å². The summed E-state index contributed by atoms with van der Waals surface area (Å²) < 4.78 is 0. The van der Waals surface area contributed by atoms with Crippen molar-refractivity contribution in [3.63, 3.8) is 0 Å². The van der Waals surface area contributed by atoms with Crippen LogP contribution < -0.4 is 10.6 Å². The van der Waals surface area contributed by atoms with E-state index in [0.29, 0.717) is 5.01 Å². The zero-order valence-corrected chi connectivity index (χ0v) is 13.2. The summed E-state index contributed by atoms with van der Waals surface area (Å²) in [6, 6.07) is -0.671. The van der Waals surface area contributed by atoms with E-state index >= 15 is 0 Å². The number of carboxylic acids is 1. The number of thiazole rings is 1. The molecule has 1 heterocycles. The summed E-state index contributed by atoms with van der Waals surface area (Å²) in [7, 11) is 0. The summed E-state index contributed by atoms with van der Waals surface area (Å²) in [5, 5.41) is 15.9. The van der Waals surface area contributed by atoms with Crippen LogP contribution in [0.4, 0.5) is 0 Å². The van der Waals surface area contributed by atoms with Gasteiger partial charge in [0.15, 0.2) is 5.69 Å². The second-order valence-corrected chi connectivity index (χ2v) is 6.54. The maximum absolute atomic E-state index is 11.9. The van der Waals surface area contributed by atoms with Crippen LogP contribution in [-0.2, 0) is 16.1 Å². The highest BCUT2D eigenvalue weighted by atomic mass is 32.1. The average molecular weight is 313 g/mol. The molecule has 0 saturated carbocycles. The van der Waals surface area contributed by atoms with E-state index in [9.17, 15) is 14.4 Å². The lowest BCUT2D eigenvalue weighted by molar-refractivity contribution is -0.133. The summed E-state index contributed by atoms with van der Waals surface area (Å²) in [5.74, 6) is -1.66. The lowest BCUT2D eigenvalue weighted by atomic mass is 9.95. The molecule has 0 radical (unpaired) electrons. The Bertz CT molecular complexity index is 548. The Kier molecular flexibility index (Phi) is 5.42. The summed E-state index contributed by atoms with van der Waals surface area (Å²) in [4.78, 5) is 38.2. The fraction of sp³-hybridized carbons (Fsp3) is 0.538. The second kappa shape index (κ2) is 6.66. The van der Waals surface area contributed by atoms with Crippen LogP contribution in [0.15, 0.2) is 5.38 Å². The molecule has 0 aliphatic rings. The van der Waals surface area contributed by atoms with Crippen molar-refractivity contribution in [1.82, 2.24) is 15.6 Å². The monoisotopic (exact) mass is 313 g/mol. The third-order valence-electron chi connectivity index (χ3n) is 2.61. The molecule has 0 aliphatic heterocycles. The highest BCUT2D eigenvalue weighted by molar-refractivity contribution is 7.09. The van der Waals surface area contributed by atoms with Crippen LogP contribution in [-0.4, -0.2) is 33.9 Å². The Labute approximate surface area is 126 Å². The van der Waals surface area contributed by atoms with Crippen LogP contribution in [0.5, 0.6) is 0 Å². The first-order valence-corrected chi connectivity index (χ1v) is 7.25. The number of aromatic carboxylic acids is 1. The molecule has 21 heavy (non-hydrogen) atoms. The molecule has 1 aromatic rings. The van der Waals surface area contributed by atoms with Crippen LogP contribution in [0.3, 0.4) is 0 Å². The SMILES string of the molecule is CC(NC(=O)C(C)(C)C)C(=O)NCc1nc(C(=O)O)cs1. The van der Waals surface area contributed by atoms with Crippen molar-refractivity contribution < 1.29 is 19.5 Å². The highest BCUT2D eigenvalue weighted by Gasteiger charge is 2.25. The van der Waals surface area contributed by atoms with Gasteiger partial charge < -0.3 is 15.7 Å². The van der Waals surface area contributed by atoms with Crippen LogP contribution in [0.25, 0.3) is 0 Å². The maximum Gasteiger partial charge on any atom is 0.355 e. The largest absolute Gasteiger partial charge is 0.476 e. The summed E-state index contributed by atoms with van der Waals surface area (Å²) in [5.41, 5.74) is -0.612. The van der Waals surface area contributed by atoms with Gasteiger partial charge >= 0.3 is 5.97 Å². The molecule has 1 rings (SSSR count). The molecule has 0 fully saturated rings. The lowest BCUT2D eigenvalue weighted by Gasteiger charge is -2.21. The van der Waals surface area contributed by atoms with E-state index in [1.807, 2.05) is 0 Å². The van der Waals surface area contributed by atoms with Gasteiger partial charge in [-0.25, -0.2) is 9.78 Å². The number of nitrogens with one attached hydrogen (secondary N) is 2. The lowest BCUT2D eigenvalue weighted by Crippen LogP contribution is -2.48. The molecule has 1 aromatic heterocycles. The van der Waals surface area contributed by atoms with Crippen LogP contribution in [0, 0.1) is 5.41 Å². The van der Waals surface area contributed by atoms with Crippen molar-refractivity contribution in [2.24, 2.45) is 5.41 Å². The van der Waals surface area contributed by atoms with Gasteiger partial charge in [0.2, 0.25) is 11.8 Å². The minimum atomic E-state index is -1.10. The molecular weight excluding hydrogens is 294 g/mol. The molecule has 0 aliphatic carbocycles. The third-order valence-corrected chi connectivity index (χ3v) is 3.46. The molecule has 0 saturated heterocycles. The molecule has 0 spiro atoms. The van der Waals surface area contributed by atoms with Crippen LogP contribution in [0.2, 0.25) is 0 Å². The number of hydrogen-bond acceptors (Lipinski definition) is 5. The standard InChI is InChI=1S/C13H19N3O4S/c1-7(15-12(20)13(2,3)4)10(17)14-5-9-16-8(6-21-9)11(18)19/h6-7H,5H2,1-4H3,(H,14,17)(H,15,20)(H,18,19). The van der Waals surface area contributed by atoms with Gasteiger partial charge in [-0.05, 0) is 6.92 Å². The van der Waals surface area contributed by atoms with Crippen molar-refractivity contribution in [2.45, 2.75) is 40.3 Å². The Morgan fingerprint density at radius 3 is 2.48 bits per heavy atom. The smallest absolute Gasteiger partial charge is 0.355 e. The molecule has 0 bridgehead atoms. The van der Waals surface area contributed by atoms with E-state index in [0.717, 1.165) is 11.3 Å². The predicted molar refractivity (Wildman–Crippen MR) is 78.0 cm³/mol. The van der Waals surface area contributed by atoms with E-state index in [1.165, 1.54) is 5.38 Å². The number of carbonyl (C=O) groups excluding carboxylic acids is 2. The summed E-state index contributed by atoms with van der Waals surface area (Å²) in [6.45, 7) is 7.00. The topological polar surface area (TPSA) is 108 Å². The fourth-order valence-corrected chi connectivity index (χ4v) is 1.99. The predicted octanol–water partition coefficient (Wildman–Crippen LogP) is 1.01. The van der Waals surface area contributed by atoms with Crippen molar-refractivity contribution in [1.29, 1.82) is 0 Å².